The summed E-state index contributed by atoms with van der Waals surface area (Å²) < 4.78 is 0. The molecule has 1 N–H and O–H groups in total. The second kappa shape index (κ2) is 6.13. The highest BCUT2D eigenvalue weighted by Gasteiger charge is 2.07. The Morgan fingerprint density at radius 2 is 1.89 bits per heavy atom. The second-order valence-electron chi connectivity index (χ2n) is 4.25. The molecule has 0 radical (unpaired) electrons. The number of benzene rings is 1. The lowest BCUT2D eigenvalue weighted by molar-refractivity contribution is 0.796. The minimum atomic E-state index is 0.656. The number of hydrogen-bond acceptors (Lipinski definition) is 5. The van der Waals surface area contributed by atoms with Crippen LogP contribution in [0.4, 0.5) is 17.5 Å². The highest BCUT2D eigenvalue weighted by Crippen LogP contribution is 2.18. The molecule has 0 saturated carbocycles. The van der Waals surface area contributed by atoms with Gasteiger partial charge in [0.2, 0.25) is 5.95 Å². The molecular formula is C14H19N5. The van der Waals surface area contributed by atoms with E-state index < -0.39 is 0 Å². The number of aromatic nitrogens is 3. The molecule has 1 heterocycles. The zero-order valence-electron chi connectivity index (χ0n) is 11.6. The van der Waals surface area contributed by atoms with E-state index in [9.17, 15) is 0 Å². The molecule has 5 heteroatoms. The normalized spacial score (nSPS) is 10.3. The maximum atomic E-state index is 4.49. The molecule has 5 nitrogen and oxygen atoms in total. The number of para-hydroxylation sites is 1. The lowest BCUT2D eigenvalue weighted by Crippen LogP contribution is -2.24. The largest absolute Gasteiger partial charge is 0.340 e. The van der Waals surface area contributed by atoms with Crippen molar-refractivity contribution in [3.05, 3.63) is 36.0 Å². The van der Waals surface area contributed by atoms with Crippen molar-refractivity contribution in [3.8, 4) is 0 Å². The van der Waals surface area contributed by atoms with E-state index in [1.54, 1.807) is 6.20 Å². The van der Waals surface area contributed by atoms with Crippen molar-refractivity contribution in [2.24, 2.45) is 0 Å². The van der Waals surface area contributed by atoms with E-state index in [-0.39, 0.29) is 0 Å². The molecule has 100 valence electrons. The zero-order chi connectivity index (χ0) is 13.7. The van der Waals surface area contributed by atoms with Crippen LogP contribution < -0.4 is 10.2 Å². The fourth-order valence-corrected chi connectivity index (χ4v) is 1.85. The van der Waals surface area contributed by atoms with Crippen LogP contribution in [0.15, 0.2) is 30.5 Å². The van der Waals surface area contributed by atoms with Crippen LogP contribution in [0.1, 0.15) is 19.4 Å². The summed E-state index contributed by atoms with van der Waals surface area (Å²) in [4.78, 5) is 6.56. The first-order chi connectivity index (χ1) is 9.24. The highest BCUT2D eigenvalue weighted by molar-refractivity contribution is 5.60. The zero-order valence-corrected chi connectivity index (χ0v) is 11.6. The second-order valence-corrected chi connectivity index (χ2v) is 4.25. The Labute approximate surface area is 113 Å². The molecule has 0 bridgehead atoms. The van der Waals surface area contributed by atoms with Gasteiger partial charge < -0.3 is 10.2 Å². The summed E-state index contributed by atoms with van der Waals surface area (Å²) in [6.07, 6.45) is 1.64. The molecule has 0 spiro atoms. The molecule has 0 aliphatic rings. The molecule has 2 rings (SSSR count). The van der Waals surface area contributed by atoms with Crippen molar-refractivity contribution >= 4 is 17.5 Å². The first-order valence-electron chi connectivity index (χ1n) is 6.52. The van der Waals surface area contributed by atoms with E-state index in [1.807, 2.05) is 18.2 Å². The summed E-state index contributed by atoms with van der Waals surface area (Å²) in [6.45, 7) is 7.95. The van der Waals surface area contributed by atoms with E-state index in [1.165, 1.54) is 5.56 Å². The van der Waals surface area contributed by atoms with Crippen molar-refractivity contribution in [2.45, 2.75) is 20.8 Å². The van der Waals surface area contributed by atoms with Crippen molar-refractivity contribution in [2.75, 3.05) is 23.3 Å². The van der Waals surface area contributed by atoms with Crippen LogP contribution in [0.3, 0.4) is 0 Å². The van der Waals surface area contributed by atoms with E-state index in [0.717, 1.165) is 18.8 Å². The van der Waals surface area contributed by atoms with Gasteiger partial charge in [0.1, 0.15) is 0 Å². The van der Waals surface area contributed by atoms with E-state index in [0.29, 0.717) is 11.8 Å². The third-order valence-electron chi connectivity index (χ3n) is 3.00. The Bertz CT molecular complexity index is 537. The van der Waals surface area contributed by atoms with Gasteiger partial charge in [-0.15, -0.1) is 5.10 Å². The van der Waals surface area contributed by atoms with Crippen molar-refractivity contribution in [3.63, 3.8) is 0 Å². The lowest BCUT2D eigenvalue weighted by atomic mass is 10.2. The van der Waals surface area contributed by atoms with Gasteiger partial charge >= 0.3 is 0 Å². The number of aryl methyl sites for hydroxylation is 1. The number of hydrogen-bond donors (Lipinski definition) is 1. The van der Waals surface area contributed by atoms with E-state index >= 15 is 0 Å². The molecule has 0 aliphatic heterocycles. The van der Waals surface area contributed by atoms with E-state index in [4.69, 9.17) is 0 Å². The monoisotopic (exact) mass is 257 g/mol. The lowest BCUT2D eigenvalue weighted by Gasteiger charge is -2.18. The van der Waals surface area contributed by atoms with Gasteiger partial charge in [0, 0.05) is 18.8 Å². The Balaban J connectivity index is 2.22. The average Bonchev–Trinajstić information content (AvgIpc) is 2.43. The minimum Gasteiger partial charge on any atom is -0.340 e. The van der Waals surface area contributed by atoms with Crippen molar-refractivity contribution in [1.29, 1.82) is 0 Å². The van der Waals surface area contributed by atoms with Crippen molar-refractivity contribution < 1.29 is 0 Å². The van der Waals surface area contributed by atoms with Crippen molar-refractivity contribution in [1.82, 2.24) is 15.2 Å². The van der Waals surface area contributed by atoms with Gasteiger partial charge in [0.25, 0.3) is 0 Å². The molecule has 1 aromatic heterocycles. The van der Waals surface area contributed by atoms with Gasteiger partial charge in [0.15, 0.2) is 5.82 Å². The molecule has 0 amide bonds. The summed E-state index contributed by atoms with van der Waals surface area (Å²) in [6, 6.07) is 8.09. The molecule has 2 aromatic rings. The Morgan fingerprint density at radius 1 is 1.16 bits per heavy atom. The van der Waals surface area contributed by atoms with Gasteiger partial charge in [-0.3, -0.25) is 0 Å². The summed E-state index contributed by atoms with van der Waals surface area (Å²) in [5.41, 5.74) is 2.21. The number of nitrogens with one attached hydrogen (secondary N) is 1. The SMILES string of the molecule is CCN(CC)c1nncc(Nc2ccccc2C)n1. The fraction of sp³-hybridized carbons (Fsp3) is 0.357. The van der Waals surface area contributed by atoms with Gasteiger partial charge in [-0.05, 0) is 32.4 Å². The predicted molar refractivity (Wildman–Crippen MR) is 77.8 cm³/mol. The number of rotatable bonds is 5. The summed E-state index contributed by atoms with van der Waals surface area (Å²) in [5, 5.41) is 11.4. The standard InChI is InChI=1S/C14H19N5/c1-4-19(5-2)14-17-13(10-15-18-14)16-12-9-7-6-8-11(12)3/h6-10H,4-5H2,1-3H3,(H,16,17,18). The van der Waals surface area contributed by atoms with Gasteiger partial charge in [-0.25, -0.2) is 0 Å². The van der Waals surface area contributed by atoms with Crippen LogP contribution >= 0.6 is 0 Å². The third-order valence-corrected chi connectivity index (χ3v) is 3.00. The molecule has 0 unspecified atom stereocenters. The van der Waals surface area contributed by atoms with Crippen LogP contribution in [0, 0.1) is 6.92 Å². The quantitative estimate of drug-likeness (QED) is 0.892. The molecule has 1 aromatic carbocycles. The first kappa shape index (κ1) is 13.3. The van der Waals surface area contributed by atoms with Gasteiger partial charge in [0.05, 0.1) is 6.20 Å². The summed E-state index contributed by atoms with van der Waals surface area (Å²) in [7, 11) is 0. The molecule has 19 heavy (non-hydrogen) atoms. The molecule has 0 atom stereocenters. The topological polar surface area (TPSA) is 53.9 Å². The first-order valence-corrected chi connectivity index (χ1v) is 6.52. The molecule has 0 aliphatic carbocycles. The Hall–Kier alpha value is -2.17. The summed E-state index contributed by atoms with van der Waals surface area (Å²) in [5.74, 6) is 1.37. The molecule has 0 saturated heterocycles. The van der Waals surface area contributed by atoms with Crippen LogP contribution in [-0.2, 0) is 0 Å². The molecular weight excluding hydrogens is 238 g/mol. The van der Waals surface area contributed by atoms with Crippen LogP contribution in [0.2, 0.25) is 0 Å². The highest BCUT2D eigenvalue weighted by atomic mass is 15.3. The maximum absolute atomic E-state index is 4.49. The van der Waals surface area contributed by atoms with Gasteiger partial charge in [-0.1, -0.05) is 18.2 Å². The third kappa shape index (κ3) is 3.19. The number of nitrogens with zero attached hydrogens (tertiary/aromatic N) is 4. The fourth-order valence-electron chi connectivity index (χ4n) is 1.85. The smallest absolute Gasteiger partial charge is 0.247 e. The maximum Gasteiger partial charge on any atom is 0.247 e. The molecule has 0 fully saturated rings. The Morgan fingerprint density at radius 3 is 2.58 bits per heavy atom. The van der Waals surface area contributed by atoms with Gasteiger partial charge in [-0.2, -0.15) is 10.1 Å². The number of anilines is 3. The van der Waals surface area contributed by atoms with E-state index in [2.05, 4.69) is 52.2 Å². The minimum absolute atomic E-state index is 0.656. The van der Waals surface area contributed by atoms with Crippen LogP contribution in [0.25, 0.3) is 0 Å². The van der Waals surface area contributed by atoms with Crippen LogP contribution in [0.5, 0.6) is 0 Å². The average molecular weight is 257 g/mol. The Kier molecular flexibility index (Phi) is 4.28. The predicted octanol–water partition coefficient (Wildman–Crippen LogP) is 2.77. The summed E-state index contributed by atoms with van der Waals surface area (Å²) >= 11 is 0. The van der Waals surface area contributed by atoms with Crippen LogP contribution in [-0.4, -0.2) is 28.3 Å².